The van der Waals surface area contributed by atoms with Gasteiger partial charge in [-0.15, -0.1) is 0 Å². The molecule has 0 radical (unpaired) electrons. The molecule has 0 saturated heterocycles. The van der Waals surface area contributed by atoms with Gasteiger partial charge in [-0.1, -0.05) is 24.6 Å². The van der Waals surface area contributed by atoms with Crippen LogP contribution in [0.5, 0.6) is 0 Å². The fourth-order valence-corrected chi connectivity index (χ4v) is 2.79. The lowest BCUT2D eigenvalue weighted by Gasteiger charge is -2.18. The molecule has 1 aromatic heterocycles. The normalized spacial score (nSPS) is 12.9. The van der Waals surface area contributed by atoms with Crippen molar-refractivity contribution >= 4 is 34.2 Å². The highest BCUT2D eigenvalue weighted by Crippen LogP contribution is 2.25. The molecule has 0 amide bonds. The smallest absolute Gasteiger partial charge is 0.0643 e. The van der Waals surface area contributed by atoms with Crippen LogP contribution in [0.25, 0.3) is 0 Å². The summed E-state index contributed by atoms with van der Waals surface area (Å²) in [7, 11) is 0. The lowest BCUT2D eigenvalue weighted by atomic mass is 10.0. The molecule has 0 aliphatic rings. The molecule has 2 rings (SSSR count). The summed E-state index contributed by atoms with van der Waals surface area (Å²) in [5, 5.41) is 8.97. The van der Waals surface area contributed by atoms with Crippen molar-refractivity contribution in [1.29, 1.82) is 0 Å². The van der Waals surface area contributed by atoms with E-state index in [1.54, 1.807) is 0 Å². The highest BCUT2D eigenvalue weighted by atomic mass is 127. The molecular formula is C16H21ClIN3. The molecule has 1 atom stereocenters. The molecule has 3 nitrogen and oxygen atoms in total. The number of hydrogen-bond acceptors (Lipinski definition) is 2. The molecule has 0 aliphatic carbocycles. The molecule has 114 valence electrons. The summed E-state index contributed by atoms with van der Waals surface area (Å²) in [6.07, 6.45) is 2.91. The van der Waals surface area contributed by atoms with E-state index in [-0.39, 0.29) is 6.04 Å². The quantitative estimate of drug-likeness (QED) is 0.695. The largest absolute Gasteiger partial charge is 0.310 e. The maximum Gasteiger partial charge on any atom is 0.0643 e. The Morgan fingerprint density at radius 1 is 1.33 bits per heavy atom. The molecular weight excluding hydrogens is 397 g/mol. The Labute approximate surface area is 145 Å². The highest BCUT2D eigenvalue weighted by Gasteiger charge is 2.14. The third kappa shape index (κ3) is 4.44. The van der Waals surface area contributed by atoms with Crippen LogP contribution in [0.1, 0.15) is 44.1 Å². The van der Waals surface area contributed by atoms with Gasteiger partial charge in [0.05, 0.1) is 10.7 Å². The first-order valence-corrected chi connectivity index (χ1v) is 8.69. The molecule has 0 bridgehead atoms. The van der Waals surface area contributed by atoms with E-state index >= 15 is 0 Å². The average molecular weight is 418 g/mol. The zero-order valence-electron chi connectivity index (χ0n) is 12.6. The number of rotatable bonds is 6. The maximum absolute atomic E-state index is 6.25. The summed E-state index contributed by atoms with van der Waals surface area (Å²) in [5.41, 5.74) is 2.31. The third-order valence-electron chi connectivity index (χ3n) is 3.40. The van der Waals surface area contributed by atoms with E-state index in [1.165, 1.54) is 5.56 Å². The lowest BCUT2D eigenvalue weighted by Crippen LogP contribution is -2.23. The fourth-order valence-electron chi connectivity index (χ4n) is 2.27. The molecule has 21 heavy (non-hydrogen) atoms. The van der Waals surface area contributed by atoms with Gasteiger partial charge < -0.3 is 5.32 Å². The van der Waals surface area contributed by atoms with E-state index in [4.69, 9.17) is 11.6 Å². The minimum absolute atomic E-state index is 0.236. The fraction of sp³-hybridized carbons (Fsp3) is 0.438. The van der Waals surface area contributed by atoms with Crippen molar-refractivity contribution in [2.45, 2.75) is 39.3 Å². The van der Waals surface area contributed by atoms with E-state index in [9.17, 15) is 0 Å². The van der Waals surface area contributed by atoms with Gasteiger partial charge in [0.2, 0.25) is 0 Å². The number of nitrogens with one attached hydrogen (secondary N) is 1. The minimum atomic E-state index is 0.236. The first-order valence-electron chi connectivity index (χ1n) is 7.23. The molecule has 2 aromatic rings. The topological polar surface area (TPSA) is 29.9 Å². The van der Waals surface area contributed by atoms with Crippen LogP contribution in [0.15, 0.2) is 30.5 Å². The summed E-state index contributed by atoms with van der Waals surface area (Å²) in [5.74, 6) is 0. The van der Waals surface area contributed by atoms with Crippen LogP contribution >= 0.6 is 34.2 Å². The number of nitrogens with zero attached hydrogens (tertiary/aromatic N) is 2. The molecule has 1 N–H and O–H groups in total. The second-order valence-corrected chi connectivity index (χ2v) is 6.94. The Morgan fingerprint density at radius 3 is 2.67 bits per heavy atom. The van der Waals surface area contributed by atoms with Crippen LogP contribution in [0.2, 0.25) is 5.02 Å². The molecule has 0 aliphatic heterocycles. The third-order valence-corrected chi connectivity index (χ3v) is 4.97. The van der Waals surface area contributed by atoms with Crippen molar-refractivity contribution in [3.05, 3.63) is 50.3 Å². The minimum Gasteiger partial charge on any atom is -0.310 e. The lowest BCUT2D eigenvalue weighted by molar-refractivity contribution is 0.506. The second kappa shape index (κ2) is 7.61. The van der Waals surface area contributed by atoms with Crippen molar-refractivity contribution in [2.75, 3.05) is 6.54 Å². The van der Waals surface area contributed by atoms with Gasteiger partial charge >= 0.3 is 0 Å². The van der Waals surface area contributed by atoms with Crippen molar-refractivity contribution in [2.24, 2.45) is 0 Å². The zero-order chi connectivity index (χ0) is 15.4. The number of aromatic nitrogens is 2. The van der Waals surface area contributed by atoms with Gasteiger partial charge in [-0.2, -0.15) is 5.10 Å². The summed E-state index contributed by atoms with van der Waals surface area (Å²) in [6.45, 7) is 7.31. The van der Waals surface area contributed by atoms with E-state index < -0.39 is 0 Å². The van der Waals surface area contributed by atoms with Crippen LogP contribution in [0.3, 0.4) is 0 Å². The monoisotopic (exact) mass is 417 g/mol. The standard InChI is InChI=1S/C16H21ClIN3/c1-4-19-16(12-5-6-15(18)14(17)9-12)10-13-7-8-21(20-13)11(2)3/h5-9,11,16,19H,4,10H2,1-3H3. The summed E-state index contributed by atoms with van der Waals surface area (Å²) >= 11 is 8.50. The Morgan fingerprint density at radius 2 is 2.10 bits per heavy atom. The molecule has 0 fully saturated rings. The van der Waals surface area contributed by atoms with Crippen LogP contribution in [0, 0.1) is 3.57 Å². The van der Waals surface area contributed by atoms with Crippen LogP contribution < -0.4 is 5.32 Å². The number of benzene rings is 1. The van der Waals surface area contributed by atoms with Gasteiger partial charge in [-0.3, -0.25) is 4.68 Å². The van der Waals surface area contributed by atoms with Crippen molar-refractivity contribution < 1.29 is 0 Å². The van der Waals surface area contributed by atoms with E-state index in [1.807, 2.05) is 10.9 Å². The predicted molar refractivity (Wildman–Crippen MR) is 96.9 cm³/mol. The number of likely N-dealkylation sites (N-methyl/N-ethyl adjacent to an activating group) is 1. The average Bonchev–Trinajstić information content (AvgIpc) is 2.90. The van der Waals surface area contributed by atoms with Gasteiger partial charge in [0.25, 0.3) is 0 Å². The predicted octanol–water partition coefficient (Wildman–Crippen LogP) is 4.62. The van der Waals surface area contributed by atoms with Gasteiger partial charge in [-0.25, -0.2) is 0 Å². The van der Waals surface area contributed by atoms with Gasteiger partial charge in [0.15, 0.2) is 0 Å². The molecule has 1 heterocycles. The molecule has 0 spiro atoms. The Kier molecular flexibility index (Phi) is 6.08. The van der Waals surface area contributed by atoms with Crippen LogP contribution in [-0.4, -0.2) is 16.3 Å². The van der Waals surface area contributed by atoms with E-state index in [0.717, 1.165) is 27.3 Å². The summed E-state index contributed by atoms with van der Waals surface area (Å²) < 4.78 is 3.08. The van der Waals surface area contributed by atoms with E-state index in [0.29, 0.717) is 6.04 Å². The van der Waals surface area contributed by atoms with Crippen LogP contribution in [-0.2, 0) is 6.42 Å². The Balaban J connectivity index is 2.19. The summed E-state index contributed by atoms with van der Waals surface area (Å²) in [6, 6.07) is 8.98. The first-order chi connectivity index (χ1) is 10.0. The van der Waals surface area contributed by atoms with Crippen LogP contribution in [0.4, 0.5) is 0 Å². The Bertz CT molecular complexity index is 595. The van der Waals surface area contributed by atoms with Gasteiger partial charge in [0.1, 0.15) is 0 Å². The van der Waals surface area contributed by atoms with Crippen molar-refractivity contribution in [1.82, 2.24) is 15.1 Å². The van der Waals surface area contributed by atoms with Crippen molar-refractivity contribution in [3.63, 3.8) is 0 Å². The first kappa shape index (κ1) is 16.8. The SMILES string of the molecule is CCNC(Cc1ccn(C(C)C)n1)c1ccc(I)c(Cl)c1. The zero-order valence-corrected chi connectivity index (χ0v) is 15.5. The Hall–Kier alpha value is -0.590. The molecule has 1 aromatic carbocycles. The molecule has 1 unspecified atom stereocenters. The molecule has 5 heteroatoms. The number of hydrogen-bond donors (Lipinski definition) is 1. The molecule has 0 saturated carbocycles. The number of halogens is 2. The maximum atomic E-state index is 6.25. The van der Waals surface area contributed by atoms with Gasteiger partial charge in [-0.05, 0) is 66.7 Å². The van der Waals surface area contributed by atoms with Crippen molar-refractivity contribution in [3.8, 4) is 0 Å². The van der Waals surface area contributed by atoms with Gasteiger partial charge in [0, 0.05) is 28.3 Å². The highest BCUT2D eigenvalue weighted by molar-refractivity contribution is 14.1. The second-order valence-electron chi connectivity index (χ2n) is 5.37. The van der Waals surface area contributed by atoms with E-state index in [2.05, 4.69) is 78.0 Å². The summed E-state index contributed by atoms with van der Waals surface area (Å²) in [4.78, 5) is 0.